The van der Waals surface area contributed by atoms with Crippen LogP contribution in [0, 0.1) is 10.1 Å². The lowest BCUT2D eigenvalue weighted by molar-refractivity contribution is -0.384. The molecule has 1 aromatic rings. The van der Waals surface area contributed by atoms with Crippen molar-refractivity contribution < 1.29 is 14.8 Å². The van der Waals surface area contributed by atoms with E-state index in [-0.39, 0.29) is 11.7 Å². The molecule has 0 saturated carbocycles. The van der Waals surface area contributed by atoms with Crippen LogP contribution in [0.2, 0.25) is 0 Å². The molecule has 1 aromatic carbocycles. The van der Waals surface area contributed by atoms with E-state index in [0.29, 0.717) is 13.1 Å². The second-order valence-corrected chi connectivity index (χ2v) is 6.16. The van der Waals surface area contributed by atoms with Crippen molar-refractivity contribution in [2.24, 2.45) is 0 Å². The molecular weight excluding hydrogens is 324 g/mol. The van der Waals surface area contributed by atoms with Gasteiger partial charge in [0, 0.05) is 44.0 Å². The number of nitro groups is 1. The van der Waals surface area contributed by atoms with Gasteiger partial charge in [-0.1, -0.05) is 13.8 Å². The molecule has 138 valence electrons. The molecule has 0 aliphatic carbocycles. The van der Waals surface area contributed by atoms with Gasteiger partial charge in [0.15, 0.2) is 0 Å². The van der Waals surface area contributed by atoms with Crippen molar-refractivity contribution in [2.75, 3.05) is 44.2 Å². The predicted molar refractivity (Wildman–Crippen MR) is 96.2 cm³/mol. The maximum absolute atomic E-state index is 11.7. The Hall–Kier alpha value is -2.35. The van der Waals surface area contributed by atoms with E-state index in [1.54, 1.807) is 12.1 Å². The second kappa shape index (κ2) is 8.66. The molecule has 2 rings (SSSR count). The zero-order valence-corrected chi connectivity index (χ0v) is 14.8. The van der Waals surface area contributed by atoms with E-state index in [1.807, 2.05) is 0 Å². The van der Waals surface area contributed by atoms with Gasteiger partial charge in [0.1, 0.15) is 0 Å². The van der Waals surface area contributed by atoms with E-state index < -0.39 is 11.0 Å². The van der Waals surface area contributed by atoms with Gasteiger partial charge < -0.3 is 19.8 Å². The number of rotatable bonds is 8. The molecule has 25 heavy (non-hydrogen) atoms. The summed E-state index contributed by atoms with van der Waals surface area (Å²) in [6.07, 6.45) is -0.121. The fourth-order valence-electron chi connectivity index (χ4n) is 3.24. The summed E-state index contributed by atoms with van der Waals surface area (Å²) in [6.45, 7) is 8.54. The Labute approximate surface area is 147 Å². The number of anilines is 1. The van der Waals surface area contributed by atoms with Crippen molar-refractivity contribution >= 4 is 17.5 Å². The van der Waals surface area contributed by atoms with Crippen LogP contribution >= 0.6 is 0 Å². The average Bonchev–Trinajstić information content (AvgIpc) is 3.08. The third-order valence-corrected chi connectivity index (χ3v) is 4.83. The van der Waals surface area contributed by atoms with Gasteiger partial charge in [-0.3, -0.25) is 10.1 Å². The Bertz CT molecular complexity index is 589. The Balaban J connectivity index is 1.98. The van der Waals surface area contributed by atoms with Crippen LogP contribution in [0.1, 0.15) is 20.3 Å². The number of hydrogen-bond acceptors (Lipinski definition) is 5. The summed E-state index contributed by atoms with van der Waals surface area (Å²) < 4.78 is 0. The number of likely N-dealkylation sites (N-methyl/N-ethyl adjacent to an activating group) is 1. The van der Waals surface area contributed by atoms with Gasteiger partial charge in [0.05, 0.1) is 11.0 Å². The summed E-state index contributed by atoms with van der Waals surface area (Å²) in [4.78, 5) is 27.8. The minimum atomic E-state index is -0.886. The fraction of sp³-hybridized carbons (Fsp3) is 0.588. The highest BCUT2D eigenvalue weighted by Crippen LogP contribution is 2.25. The monoisotopic (exact) mass is 350 g/mol. The van der Waals surface area contributed by atoms with Crippen LogP contribution in [-0.2, 0) is 0 Å². The molecule has 8 heteroatoms. The quantitative estimate of drug-likeness (QED) is 0.572. The number of benzene rings is 1. The topological polar surface area (TPSA) is 90.2 Å². The van der Waals surface area contributed by atoms with E-state index in [9.17, 15) is 20.0 Å². The lowest BCUT2D eigenvalue weighted by Gasteiger charge is -2.29. The van der Waals surface area contributed by atoms with Crippen LogP contribution in [-0.4, -0.2) is 71.2 Å². The first-order valence-electron chi connectivity index (χ1n) is 8.67. The first kappa shape index (κ1) is 19.0. The standard InChI is InChI=1S/C17H26N4O4/c1-3-18(4-2)11-12-20(17(22)23)16-9-10-19(13-16)14-5-7-15(8-6-14)21(24)25/h5-8,16H,3-4,9-13H2,1-2H3,(H,22,23). The minimum Gasteiger partial charge on any atom is -0.465 e. The highest BCUT2D eigenvalue weighted by Gasteiger charge is 2.31. The van der Waals surface area contributed by atoms with E-state index in [2.05, 4.69) is 23.6 Å². The summed E-state index contributed by atoms with van der Waals surface area (Å²) in [5.41, 5.74) is 0.952. The summed E-state index contributed by atoms with van der Waals surface area (Å²) >= 11 is 0. The van der Waals surface area contributed by atoms with E-state index in [4.69, 9.17) is 0 Å². The lowest BCUT2D eigenvalue weighted by Crippen LogP contribution is -2.45. The fourth-order valence-corrected chi connectivity index (χ4v) is 3.24. The average molecular weight is 350 g/mol. The predicted octanol–water partition coefficient (Wildman–Crippen LogP) is 2.50. The van der Waals surface area contributed by atoms with E-state index in [0.717, 1.165) is 38.3 Å². The summed E-state index contributed by atoms with van der Waals surface area (Å²) in [7, 11) is 0. The molecule has 1 unspecified atom stereocenters. The number of non-ortho nitro benzene ring substituents is 1. The minimum absolute atomic E-state index is 0.0525. The summed E-state index contributed by atoms with van der Waals surface area (Å²) in [6, 6.07) is 6.36. The number of amides is 1. The number of nitrogens with zero attached hydrogens (tertiary/aromatic N) is 4. The Morgan fingerprint density at radius 1 is 1.28 bits per heavy atom. The first-order valence-corrected chi connectivity index (χ1v) is 8.67. The van der Waals surface area contributed by atoms with Crippen molar-refractivity contribution in [2.45, 2.75) is 26.3 Å². The molecule has 0 aromatic heterocycles. The maximum atomic E-state index is 11.7. The molecule has 0 spiro atoms. The molecule has 1 saturated heterocycles. The number of carboxylic acid groups (broad SMARTS) is 1. The number of nitro benzene ring substituents is 1. The van der Waals surface area contributed by atoms with Crippen molar-refractivity contribution in [1.29, 1.82) is 0 Å². The summed E-state index contributed by atoms with van der Waals surface area (Å²) in [5, 5.41) is 20.3. The number of hydrogen-bond donors (Lipinski definition) is 1. The van der Waals surface area contributed by atoms with Crippen LogP contribution in [0.3, 0.4) is 0 Å². The Morgan fingerprint density at radius 2 is 1.92 bits per heavy atom. The summed E-state index contributed by atoms with van der Waals surface area (Å²) in [5.74, 6) is 0. The molecule has 1 aliphatic heterocycles. The molecule has 1 heterocycles. The van der Waals surface area contributed by atoms with Crippen LogP contribution in [0.25, 0.3) is 0 Å². The van der Waals surface area contributed by atoms with Crippen LogP contribution < -0.4 is 4.90 Å². The molecule has 1 fully saturated rings. The highest BCUT2D eigenvalue weighted by atomic mass is 16.6. The van der Waals surface area contributed by atoms with Gasteiger partial charge in [-0.2, -0.15) is 0 Å². The SMILES string of the molecule is CCN(CC)CCN(C(=O)O)C1CCN(c2ccc([N+](=O)[O-])cc2)C1. The van der Waals surface area contributed by atoms with Gasteiger partial charge in [-0.15, -0.1) is 0 Å². The van der Waals surface area contributed by atoms with Gasteiger partial charge >= 0.3 is 6.09 Å². The molecule has 1 N–H and O–H groups in total. The van der Waals surface area contributed by atoms with Gasteiger partial charge in [-0.05, 0) is 31.6 Å². The van der Waals surface area contributed by atoms with Gasteiger partial charge in [0.25, 0.3) is 5.69 Å². The normalized spacial score (nSPS) is 17.1. The zero-order chi connectivity index (χ0) is 18.4. The Kier molecular flexibility index (Phi) is 6.58. The van der Waals surface area contributed by atoms with Gasteiger partial charge in [-0.25, -0.2) is 4.79 Å². The van der Waals surface area contributed by atoms with Crippen molar-refractivity contribution in [1.82, 2.24) is 9.80 Å². The first-order chi connectivity index (χ1) is 12.0. The third-order valence-electron chi connectivity index (χ3n) is 4.83. The molecular formula is C17H26N4O4. The van der Waals surface area contributed by atoms with Crippen LogP contribution in [0.15, 0.2) is 24.3 Å². The molecule has 0 bridgehead atoms. The van der Waals surface area contributed by atoms with Crippen LogP contribution in [0.5, 0.6) is 0 Å². The molecule has 1 aliphatic rings. The van der Waals surface area contributed by atoms with Gasteiger partial charge in [0.2, 0.25) is 0 Å². The molecule has 0 radical (unpaired) electrons. The second-order valence-electron chi connectivity index (χ2n) is 6.16. The van der Waals surface area contributed by atoms with Crippen molar-refractivity contribution in [3.63, 3.8) is 0 Å². The number of carbonyl (C=O) groups is 1. The maximum Gasteiger partial charge on any atom is 0.407 e. The van der Waals surface area contributed by atoms with E-state index in [1.165, 1.54) is 17.0 Å². The zero-order valence-electron chi connectivity index (χ0n) is 14.8. The third kappa shape index (κ3) is 4.82. The van der Waals surface area contributed by atoms with Crippen molar-refractivity contribution in [3.8, 4) is 0 Å². The lowest BCUT2D eigenvalue weighted by atomic mass is 10.2. The van der Waals surface area contributed by atoms with Crippen LogP contribution in [0.4, 0.5) is 16.2 Å². The highest BCUT2D eigenvalue weighted by molar-refractivity contribution is 5.66. The van der Waals surface area contributed by atoms with E-state index >= 15 is 0 Å². The Morgan fingerprint density at radius 3 is 2.44 bits per heavy atom. The largest absolute Gasteiger partial charge is 0.465 e. The van der Waals surface area contributed by atoms with Crippen molar-refractivity contribution in [3.05, 3.63) is 34.4 Å². The molecule has 1 atom stereocenters. The molecule has 1 amide bonds. The molecule has 8 nitrogen and oxygen atoms in total. The smallest absolute Gasteiger partial charge is 0.407 e.